The summed E-state index contributed by atoms with van der Waals surface area (Å²) in [6.07, 6.45) is 10.1. The monoisotopic (exact) mass is 507 g/mol. The standard InChI is InChI=1S/C27H25N9O2/c28-12-18(11-17-8-9-17)26(37)35-10-4-5-20(15-35)36-25-22(24(29)32-16-33-25)23(34-36)19-13-30-27(31-14-19)38-21-6-2-1-3-7-21/h1-3,6-7,11,13-14,16-17,20H,4-5,8-10,15H2,(H2,29,32,33)/t20-/m1/s1. The van der Waals surface area contributed by atoms with Crippen molar-refractivity contribution in [2.24, 2.45) is 5.92 Å². The number of nitrogens with two attached hydrogens (primary N) is 1. The van der Waals surface area contributed by atoms with E-state index in [1.165, 1.54) is 6.33 Å². The minimum Gasteiger partial charge on any atom is -0.424 e. The molecule has 1 saturated heterocycles. The molecular formula is C27H25N9O2. The third-order valence-electron chi connectivity index (χ3n) is 6.78. The van der Waals surface area contributed by atoms with Crippen LogP contribution in [0, 0.1) is 17.2 Å². The highest BCUT2D eigenvalue weighted by molar-refractivity contribution is 5.98. The van der Waals surface area contributed by atoms with Crippen LogP contribution < -0.4 is 10.5 Å². The van der Waals surface area contributed by atoms with Crippen molar-refractivity contribution in [3.05, 3.63) is 60.7 Å². The Morgan fingerprint density at radius 1 is 1.11 bits per heavy atom. The molecule has 1 aromatic carbocycles. The van der Waals surface area contributed by atoms with Gasteiger partial charge in [-0.25, -0.2) is 24.6 Å². The van der Waals surface area contributed by atoms with Gasteiger partial charge in [0, 0.05) is 31.0 Å². The highest BCUT2D eigenvalue weighted by atomic mass is 16.5. The molecule has 1 saturated carbocycles. The second-order valence-electron chi connectivity index (χ2n) is 9.50. The Kier molecular flexibility index (Phi) is 6.13. The molecule has 11 heteroatoms. The number of nitriles is 1. The van der Waals surface area contributed by atoms with Crippen molar-refractivity contribution in [1.82, 2.24) is 34.6 Å². The molecule has 1 aliphatic carbocycles. The van der Waals surface area contributed by atoms with E-state index in [9.17, 15) is 10.1 Å². The number of likely N-dealkylation sites (tertiary alicyclic amines) is 1. The Labute approximate surface area is 218 Å². The number of hydrogen-bond donors (Lipinski definition) is 1. The van der Waals surface area contributed by atoms with Crippen LogP contribution >= 0.6 is 0 Å². The summed E-state index contributed by atoms with van der Waals surface area (Å²) in [5.74, 6) is 1.05. The first-order valence-corrected chi connectivity index (χ1v) is 12.6. The number of carbonyl (C=O) groups excluding carboxylic acids is 1. The van der Waals surface area contributed by atoms with Crippen molar-refractivity contribution in [3.63, 3.8) is 0 Å². The molecule has 4 aromatic rings. The lowest BCUT2D eigenvalue weighted by atomic mass is 10.0. The number of para-hydroxylation sites is 1. The number of nitrogen functional groups attached to an aromatic ring is 1. The Morgan fingerprint density at radius 2 is 1.89 bits per heavy atom. The largest absolute Gasteiger partial charge is 0.424 e. The quantitative estimate of drug-likeness (QED) is 0.305. The average Bonchev–Trinajstić information content (AvgIpc) is 3.69. The van der Waals surface area contributed by atoms with Crippen LogP contribution in [-0.4, -0.2) is 53.6 Å². The van der Waals surface area contributed by atoms with Gasteiger partial charge in [-0.1, -0.05) is 24.3 Å². The van der Waals surface area contributed by atoms with E-state index in [1.807, 2.05) is 41.1 Å². The fraction of sp³-hybridized carbons (Fsp3) is 0.296. The number of ether oxygens (including phenoxy) is 1. The van der Waals surface area contributed by atoms with Gasteiger partial charge in [-0.05, 0) is 43.7 Å². The van der Waals surface area contributed by atoms with Crippen LogP contribution in [0.5, 0.6) is 11.8 Å². The SMILES string of the molecule is N#CC(=CC1CC1)C(=O)N1CCC[C@@H](n2nc(-c3cnc(Oc4ccccc4)nc3)c3c(N)ncnc32)C1. The molecule has 11 nitrogen and oxygen atoms in total. The number of allylic oxidation sites excluding steroid dienone is 1. The predicted molar refractivity (Wildman–Crippen MR) is 139 cm³/mol. The summed E-state index contributed by atoms with van der Waals surface area (Å²) in [6, 6.07) is 11.5. The van der Waals surface area contributed by atoms with Gasteiger partial charge in [-0.15, -0.1) is 0 Å². The first-order valence-electron chi connectivity index (χ1n) is 12.6. The van der Waals surface area contributed by atoms with Crippen molar-refractivity contribution in [1.29, 1.82) is 5.26 Å². The van der Waals surface area contributed by atoms with Gasteiger partial charge in [0.15, 0.2) is 5.65 Å². The van der Waals surface area contributed by atoms with Gasteiger partial charge in [0.25, 0.3) is 5.91 Å². The minimum absolute atomic E-state index is 0.138. The molecule has 2 N–H and O–H groups in total. The van der Waals surface area contributed by atoms with Gasteiger partial charge in [0.05, 0.1) is 11.4 Å². The van der Waals surface area contributed by atoms with Crippen molar-refractivity contribution >= 4 is 22.8 Å². The maximum absolute atomic E-state index is 13.1. The first kappa shape index (κ1) is 23.5. The normalized spacial score (nSPS) is 17.8. The van der Waals surface area contributed by atoms with Crippen LogP contribution in [0.3, 0.4) is 0 Å². The molecule has 6 rings (SSSR count). The molecule has 0 unspecified atom stereocenters. The van der Waals surface area contributed by atoms with E-state index in [-0.39, 0.29) is 23.5 Å². The van der Waals surface area contributed by atoms with E-state index in [0.29, 0.717) is 52.9 Å². The lowest BCUT2D eigenvalue weighted by molar-refractivity contribution is -0.128. The number of rotatable bonds is 6. The summed E-state index contributed by atoms with van der Waals surface area (Å²) in [4.78, 5) is 32.2. The minimum atomic E-state index is -0.225. The zero-order valence-electron chi connectivity index (χ0n) is 20.6. The van der Waals surface area contributed by atoms with Crippen molar-refractivity contribution in [2.75, 3.05) is 18.8 Å². The van der Waals surface area contributed by atoms with Gasteiger partial charge in [0.1, 0.15) is 35.2 Å². The number of fused-ring (bicyclic) bond motifs is 1. The van der Waals surface area contributed by atoms with Gasteiger partial charge in [-0.3, -0.25) is 4.79 Å². The van der Waals surface area contributed by atoms with Crippen LogP contribution in [-0.2, 0) is 4.79 Å². The van der Waals surface area contributed by atoms with Crippen molar-refractivity contribution < 1.29 is 9.53 Å². The lowest BCUT2D eigenvalue weighted by Gasteiger charge is -2.32. The van der Waals surface area contributed by atoms with Gasteiger partial charge in [-0.2, -0.15) is 10.4 Å². The van der Waals surface area contributed by atoms with Crippen LogP contribution in [0.1, 0.15) is 31.7 Å². The smallest absolute Gasteiger partial charge is 0.321 e. The molecule has 190 valence electrons. The summed E-state index contributed by atoms with van der Waals surface area (Å²) >= 11 is 0. The van der Waals surface area contributed by atoms with Crippen LogP contribution in [0.15, 0.2) is 60.7 Å². The first-order chi connectivity index (χ1) is 18.6. The third-order valence-corrected chi connectivity index (χ3v) is 6.78. The molecule has 1 amide bonds. The number of aromatic nitrogens is 6. The number of benzene rings is 1. The summed E-state index contributed by atoms with van der Waals surface area (Å²) < 4.78 is 7.52. The van der Waals surface area contributed by atoms with E-state index >= 15 is 0 Å². The summed E-state index contributed by atoms with van der Waals surface area (Å²) in [6.45, 7) is 1.02. The second-order valence-corrected chi connectivity index (χ2v) is 9.50. The Balaban J connectivity index is 1.30. The summed E-state index contributed by atoms with van der Waals surface area (Å²) in [7, 11) is 0. The van der Waals surface area contributed by atoms with E-state index < -0.39 is 0 Å². The number of hydrogen-bond acceptors (Lipinski definition) is 9. The van der Waals surface area contributed by atoms with Crippen LogP contribution in [0.25, 0.3) is 22.3 Å². The number of amides is 1. The molecule has 0 bridgehead atoms. The van der Waals surface area contributed by atoms with E-state index in [1.54, 1.807) is 17.3 Å². The van der Waals surface area contributed by atoms with E-state index in [4.69, 9.17) is 15.6 Å². The maximum Gasteiger partial charge on any atom is 0.321 e. The number of nitrogens with zero attached hydrogens (tertiary/aromatic N) is 8. The number of piperidine rings is 1. The van der Waals surface area contributed by atoms with Crippen molar-refractivity contribution in [3.8, 4) is 29.1 Å². The molecular weight excluding hydrogens is 482 g/mol. The highest BCUT2D eigenvalue weighted by Crippen LogP contribution is 2.35. The molecule has 0 spiro atoms. The zero-order chi connectivity index (χ0) is 26.1. The molecule has 2 fully saturated rings. The molecule has 0 radical (unpaired) electrons. The summed E-state index contributed by atoms with van der Waals surface area (Å²) in [5, 5.41) is 15.0. The summed E-state index contributed by atoms with van der Waals surface area (Å²) in [5.41, 5.74) is 8.27. The fourth-order valence-corrected chi connectivity index (χ4v) is 4.70. The molecule has 38 heavy (non-hydrogen) atoms. The molecule has 3 aromatic heterocycles. The van der Waals surface area contributed by atoms with Gasteiger partial charge >= 0.3 is 6.01 Å². The topological polar surface area (TPSA) is 149 Å². The Bertz CT molecular complexity index is 1550. The molecule has 2 aliphatic rings. The Morgan fingerprint density at radius 3 is 2.63 bits per heavy atom. The van der Waals surface area contributed by atoms with E-state index in [2.05, 4.69) is 26.0 Å². The maximum atomic E-state index is 13.1. The third kappa shape index (κ3) is 4.64. The second kappa shape index (κ2) is 9.89. The zero-order valence-corrected chi connectivity index (χ0v) is 20.6. The van der Waals surface area contributed by atoms with Gasteiger partial charge < -0.3 is 15.4 Å². The number of carbonyl (C=O) groups is 1. The van der Waals surface area contributed by atoms with Crippen LogP contribution in [0.2, 0.25) is 0 Å². The van der Waals surface area contributed by atoms with Gasteiger partial charge in [0.2, 0.25) is 0 Å². The predicted octanol–water partition coefficient (Wildman–Crippen LogP) is 3.68. The fourth-order valence-electron chi connectivity index (χ4n) is 4.70. The highest BCUT2D eigenvalue weighted by Gasteiger charge is 2.31. The van der Waals surface area contributed by atoms with Crippen LogP contribution in [0.4, 0.5) is 5.82 Å². The molecule has 1 aliphatic heterocycles. The lowest BCUT2D eigenvalue weighted by Crippen LogP contribution is -2.41. The molecule has 1 atom stereocenters. The number of anilines is 1. The van der Waals surface area contributed by atoms with Crippen molar-refractivity contribution in [2.45, 2.75) is 31.7 Å². The van der Waals surface area contributed by atoms with E-state index in [0.717, 1.165) is 25.7 Å². The Hall–Kier alpha value is -4.85. The average molecular weight is 508 g/mol. The molecule has 4 heterocycles.